The van der Waals surface area contributed by atoms with Gasteiger partial charge in [-0.2, -0.15) is 0 Å². The Morgan fingerprint density at radius 3 is 2.64 bits per heavy atom. The average Bonchev–Trinajstić information content (AvgIpc) is 2.50. The van der Waals surface area contributed by atoms with E-state index in [9.17, 15) is 19.5 Å². The van der Waals surface area contributed by atoms with Crippen LogP contribution in [0.4, 0.5) is 0 Å². The molecule has 0 saturated carbocycles. The number of piperazine rings is 1. The zero-order chi connectivity index (χ0) is 15.7. The third-order valence-electron chi connectivity index (χ3n) is 4.43. The van der Waals surface area contributed by atoms with Crippen LogP contribution in [0.3, 0.4) is 0 Å². The lowest BCUT2D eigenvalue weighted by Crippen LogP contribution is -2.55. The van der Waals surface area contributed by atoms with Crippen molar-refractivity contribution in [3.63, 3.8) is 0 Å². The summed E-state index contributed by atoms with van der Waals surface area (Å²) in [4.78, 5) is 37.0. The number of piperidine rings is 1. The Morgan fingerprint density at radius 2 is 2.00 bits per heavy atom. The summed E-state index contributed by atoms with van der Waals surface area (Å²) in [6.45, 7) is 3.44. The quantitative estimate of drug-likeness (QED) is 0.467. The van der Waals surface area contributed by atoms with Crippen LogP contribution in [-0.2, 0) is 14.4 Å². The molecule has 22 heavy (non-hydrogen) atoms. The number of carbonyl (C=O) groups excluding carboxylic acids is 3. The highest BCUT2D eigenvalue weighted by Crippen LogP contribution is 2.31. The van der Waals surface area contributed by atoms with Crippen LogP contribution in [-0.4, -0.2) is 66.0 Å². The van der Waals surface area contributed by atoms with E-state index in [0.29, 0.717) is 18.4 Å². The summed E-state index contributed by atoms with van der Waals surface area (Å²) in [5.74, 6) is -1.12. The Labute approximate surface area is 127 Å². The molecule has 0 spiro atoms. The lowest BCUT2D eigenvalue weighted by atomic mass is 9.87. The van der Waals surface area contributed by atoms with Gasteiger partial charge in [-0.25, -0.2) is 0 Å². The van der Waals surface area contributed by atoms with Gasteiger partial charge >= 0.3 is 0 Å². The van der Waals surface area contributed by atoms with Crippen LogP contribution in [0.5, 0.6) is 0 Å². The minimum Gasteiger partial charge on any atom is -0.510 e. The summed E-state index contributed by atoms with van der Waals surface area (Å²) >= 11 is 0. The van der Waals surface area contributed by atoms with E-state index < -0.39 is 17.9 Å². The normalized spacial score (nSPS) is 29.8. The minimum absolute atomic E-state index is 0.0930. The number of hydrogen-bond donors (Lipinski definition) is 4. The average molecular weight is 308 g/mol. The van der Waals surface area contributed by atoms with Gasteiger partial charge in [0.25, 0.3) is 5.91 Å². The van der Waals surface area contributed by atoms with Crippen molar-refractivity contribution in [2.75, 3.05) is 26.2 Å². The van der Waals surface area contributed by atoms with Gasteiger partial charge in [-0.05, 0) is 6.42 Å². The fraction of sp³-hybridized carbons (Fsp3) is 0.643. The summed E-state index contributed by atoms with van der Waals surface area (Å²) in [5.41, 5.74) is 0.341. The smallest absolute Gasteiger partial charge is 0.251 e. The van der Waals surface area contributed by atoms with E-state index >= 15 is 0 Å². The molecule has 2 saturated heterocycles. The van der Waals surface area contributed by atoms with E-state index in [0.717, 1.165) is 26.2 Å². The molecule has 4 N–H and O–H groups in total. The molecule has 0 aromatic carbocycles. The van der Waals surface area contributed by atoms with Gasteiger partial charge in [0.2, 0.25) is 11.8 Å². The van der Waals surface area contributed by atoms with Gasteiger partial charge in [-0.15, -0.1) is 0 Å². The number of rotatable bonds is 3. The molecule has 0 aromatic heterocycles. The molecule has 1 aliphatic carbocycles. The SMILES string of the molecule is O=C1CCC(NC(=O)C2=C(O)[C@H](N3CCNCC3)C2)C(=O)N1. The molecular weight excluding hydrogens is 288 g/mol. The van der Waals surface area contributed by atoms with Gasteiger partial charge in [0.1, 0.15) is 11.8 Å². The van der Waals surface area contributed by atoms with Gasteiger partial charge < -0.3 is 15.7 Å². The molecule has 3 amide bonds. The zero-order valence-electron chi connectivity index (χ0n) is 12.2. The predicted molar refractivity (Wildman–Crippen MR) is 76.8 cm³/mol. The largest absolute Gasteiger partial charge is 0.510 e. The van der Waals surface area contributed by atoms with Crippen LogP contribution < -0.4 is 16.0 Å². The second kappa shape index (κ2) is 6.05. The minimum atomic E-state index is -0.705. The monoisotopic (exact) mass is 308 g/mol. The summed E-state index contributed by atoms with van der Waals surface area (Å²) in [6, 6.07) is -0.798. The predicted octanol–water partition coefficient (Wildman–Crippen LogP) is -1.60. The third kappa shape index (κ3) is 2.84. The van der Waals surface area contributed by atoms with Crippen LogP contribution >= 0.6 is 0 Å². The second-order valence-electron chi connectivity index (χ2n) is 5.85. The van der Waals surface area contributed by atoms with Crippen LogP contribution in [0.15, 0.2) is 11.3 Å². The summed E-state index contributed by atoms with van der Waals surface area (Å²) in [7, 11) is 0. The second-order valence-corrected chi connectivity index (χ2v) is 5.85. The van der Waals surface area contributed by atoms with E-state index in [2.05, 4.69) is 20.9 Å². The number of aliphatic hydroxyl groups excluding tert-OH is 1. The van der Waals surface area contributed by atoms with Crippen molar-refractivity contribution in [3.8, 4) is 0 Å². The van der Waals surface area contributed by atoms with E-state index in [1.165, 1.54) is 0 Å². The zero-order valence-corrected chi connectivity index (χ0v) is 12.2. The Hall–Kier alpha value is -1.93. The molecule has 2 aliphatic heterocycles. The molecule has 120 valence electrons. The van der Waals surface area contributed by atoms with E-state index in [4.69, 9.17) is 0 Å². The standard InChI is InChI=1S/C14H20N4O4/c19-11-2-1-9(14(22)17-11)16-13(21)8-7-10(12(8)20)18-5-3-15-4-6-18/h9-10,15,20H,1-7H2,(H,16,21)(H,17,19,22)/t9?,10-/m1/s1. The van der Waals surface area contributed by atoms with Gasteiger partial charge in [0, 0.05) is 39.0 Å². The fourth-order valence-corrected chi connectivity index (χ4v) is 3.05. The maximum absolute atomic E-state index is 12.1. The van der Waals surface area contributed by atoms with Gasteiger partial charge in [0.05, 0.1) is 11.6 Å². The lowest BCUT2D eigenvalue weighted by molar-refractivity contribution is -0.136. The van der Waals surface area contributed by atoms with Crippen molar-refractivity contribution in [3.05, 3.63) is 11.3 Å². The highest BCUT2D eigenvalue weighted by molar-refractivity contribution is 6.04. The first-order valence-electron chi connectivity index (χ1n) is 7.57. The van der Waals surface area contributed by atoms with Gasteiger partial charge in [-0.1, -0.05) is 0 Å². The van der Waals surface area contributed by atoms with Crippen molar-refractivity contribution in [1.29, 1.82) is 0 Å². The third-order valence-corrected chi connectivity index (χ3v) is 4.43. The summed E-state index contributed by atoms with van der Waals surface area (Å²) < 4.78 is 0. The van der Waals surface area contributed by atoms with Gasteiger partial charge in [-0.3, -0.25) is 24.6 Å². The molecule has 3 aliphatic rings. The highest BCUT2D eigenvalue weighted by atomic mass is 16.3. The first-order chi connectivity index (χ1) is 10.6. The lowest BCUT2D eigenvalue weighted by Gasteiger charge is -2.40. The van der Waals surface area contributed by atoms with Gasteiger partial charge in [0.15, 0.2) is 0 Å². The number of nitrogens with zero attached hydrogens (tertiary/aromatic N) is 1. The first kappa shape index (κ1) is 15.0. The molecule has 0 aromatic rings. The molecule has 2 heterocycles. The fourth-order valence-electron chi connectivity index (χ4n) is 3.05. The Kier molecular flexibility index (Phi) is 4.12. The maximum Gasteiger partial charge on any atom is 0.251 e. The number of hydrogen-bond acceptors (Lipinski definition) is 6. The first-order valence-corrected chi connectivity index (χ1v) is 7.57. The van der Waals surface area contributed by atoms with Crippen LogP contribution in [0.2, 0.25) is 0 Å². The van der Waals surface area contributed by atoms with E-state index in [1.807, 2.05) is 0 Å². The topological polar surface area (TPSA) is 111 Å². The number of aliphatic hydroxyl groups is 1. The number of carbonyl (C=O) groups is 3. The maximum atomic E-state index is 12.1. The van der Waals surface area contributed by atoms with Crippen molar-refractivity contribution in [2.24, 2.45) is 0 Å². The van der Waals surface area contributed by atoms with E-state index in [1.54, 1.807) is 0 Å². The molecule has 1 unspecified atom stereocenters. The Morgan fingerprint density at radius 1 is 1.27 bits per heavy atom. The Balaban J connectivity index is 1.58. The van der Waals surface area contributed by atoms with Crippen LogP contribution in [0, 0.1) is 0 Å². The highest BCUT2D eigenvalue weighted by Gasteiger charge is 2.39. The van der Waals surface area contributed by atoms with Crippen molar-refractivity contribution in [1.82, 2.24) is 20.9 Å². The van der Waals surface area contributed by atoms with Crippen molar-refractivity contribution in [2.45, 2.75) is 31.3 Å². The molecule has 0 bridgehead atoms. The molecular formula is C14H20N4O4. The Bertz CT molecular complexity index is 539. The van der Waals surface area contributed by atoms with Crippen molar-refractivity contribution < 1.29 is 19.5 Å². The molecule has 8 nitrogen and oxygen atoms in total. The summed E-state index contributed by atoms with van der Waals surface area (Å²) in [5, 5.41) is 18.2. The van der Waals surface area contributed by atoms with Crippen LogP contribution in [0.25, 0.3) is 0 Å². The van der Waals surface area contributed by atoms with Crippen LogP contribution in [0.1, 0.15) is 19.3 Å². The van der Waals surface area contributed by atoms with Crippen molar-refractivity contribution >= 4 is 17.7 Å². The number of amides is 3. The molecule has 0 radical (unpaired) electrons. The molecule has 2 fully saturated rings. The molecule has 2 atom stereocenters. The molecule has 3 rings (SSSR count). The number of imide groups is 1. The molecule has 8 heteroatoms. The van der Waals surface area contributed by atoms with E-state index in [-0.39, 0.29) is 24.1 Å². The summed E-state index contributed by atoms with van der Waals surface area (Å²) in [6.07, 6.45) is 1.00. The number of nitrogens with one attached hydrogen (secondary N) is 3.